The van der Waals surface area contributed by atoms with Gasteiger partial charge in [-0.15, -0.1) is 0 Å². The summed E-state index contributed by atoms with van der Waals surface area (Å²) in [6.45, 7) is 4.36. The van der Waals surface area contributed by atoms with Gasteiger partial charge in [0.1, 0.15) is 5.69 Å². The number of nitrogens with one attached hydrogen (secondary N) is 2. The number of nitrogens with zero attached hydrogens (tertiary/aromatic N) is 1. The molecule has 0 fully saturated rings. The fourth-order valence-electron chi connectivity index (χ4n) is 0.920. The Labute approximate surface area is 87.9 Å². The first-order chi connectivity index (χ1) is 6.96. The van der Waals surface area contributed by atoms with Crippen LogP contribution in [0.5, 0.6) is 0 Å². The van der Waals surface area contributed by atoms with Crippen molar-refractivity contribution >= 4 is 11.5 Å². The third-order valence-electron chi connectivity index (χ3n) is 2.12. The largest absolute Gasteiger partial charge is 0.391 e. The first kappa shape index (κ1) is 11.5. The second-order valence-corrected chi connectivity index (χ2v) is 3.81. The summed E-state index contributed by atoms with van der Waals surface area (Å²) in [7, 11) is 1.62. The van der Waals surface area contributed by atoms with Gasteiger partial charge in [0.2, 0.25) is 0 Å². The molecule has 6 heteroatoms. The number of nitrogen functional groups attached to an aromatic ring is 1. The molecule has 4 N–H and O–H groups in total. The molecule has 0 saturated heterocycles. The number of anilines is 2. The molecule has 1 heterocycles. The van der Waals surface area contributed by atoms with Crippen LogP contribution in [-0.4, -0.2) is 29.2 Å². The second-order valence-electron chi connectivity index (χ2n) is 3.81. The van der Waals surface area contributed by atoms with Crippen LogP contribution in [0.1, 0.15) is 13.8 Å². The Morgan fingerprint density at radius 2 is 2.33 bits per heavy atom. The number of aromatic nitrogens is 2. The summed E-state index contributed by atoms with van der Waals surface area (Å²) in [6, 6.07) is 0. The minimum Gasteiger partial charge on any atom is -0.391 e. The van der Waals surface area contributed by atoms with Crippen LogP contribution in [-0.2, 0) is 4.74 Å². The van der Waals surface area contributed by atoms with Crippen molar-refractivity contribution in [3.63, 3.8) is 0 Å². The average molecular weight is 212 g/mol. The smallest absolute Gasteiger partial charge is 0.276 e. The molecule has 0 spiro atoms. The van der Waals surface area contributed by atoms with Gasteiger partial charge in [0.15, 0.2) is 5.82 Å². The molecule has 84 valence electrons. The molecule has 1 aromatic heterocycles. The van der Waals surface area contributed by atoms with E-state index in [1.807, 2.05) is 13.8 Å². The summed E-state index contributed by atoms with van der Waals surface area (Å²) in [6.07, 6.45) is 1.31. The van der Waals surface area contributed by atoms with E-state index in [-0.39, 0.29) is 16.8 Å². The topological polar surface area (TPSA) is 93.0 Å². The molecule has 0 unspecified atom stereocenters. The zero-order valence-corrected chi connectivity index (χ0v) is 9.13. The molecule has 0 aliphatic carbocycles. The second kappa shape index (κ2) is 4.31. The zero-order valence-electron chi connectivity index (χ0n) is 9.13. The molecular weight excluding hydrogens is 196 g/mol. The third kappa shape index (κ3) is 2.95. The lowest BCUT2D eigenvalue weighted by Crippen LogP contribution is -2.33. The molecule has 0 bridgehead atoms. The Morgan fingerprint density at radius 1 is 1.67 bits per heavy atom. The highest BCUT2D eigenvalue weighted by Crippen LogP contribution is 2.12. The predicted molar refractivity (Wildman–Crippen MR) is 58.8 cm³/mol. The summed E-state index contributed by atoms with van der Waals surface area (Å²) in [4.78, 5) is 17.5. The molecule has 15 heavy (non-hydrogen) atoms. The maximum atomic E-state index is 11.1. The number of hydrogen-bond acceptors (Lipinski definition) is 5. The summed E-state index contributed by atoms with van der Waals surface area (Å²) in [5, 5.41) is 2.96. The molecule has 0 atom stereocenters. The maximum Gasteiger partial charge on any atom is 0.276 e. The van der Waals surface area contributed by atoms with Gasteiger partial charge in [0.25, 0.3) is 5.56 Å². The maximum absolute atomic E-state index is 11.1. The van der Waals surface area contributed by atoms with Gasteiger partial charge in [0.05, 0.1) is 11.9 Å². The van der Waals surface area contributed by atoms with E-state index >= 15 is 0 Å². The van der Waals surface area contributed by atoms with Crippen LogP contribution in [0.2, 0.25) is 0 Å². The third-order valence-corrected chi connectivity index (χ3v) is 2.12. The van der Waals surface area contributed by atoms with Crippen LogP contribution in [0, 0.1) is 0 Å². The predicted octanol–water partition coefficient (Wildman–Crippen LogP) is 0.189. The van der Waals surface area contributed by atoms with E-state index in [1.54, 1.807) is 7.11 Å². The number of rotatable bonds is 4. The lowest BCUT2D eigenvalue weighted by molar-refractivity contribution is 0.0343. The van der Waals surface area contributed by atoms with Gasteiger partial charge in [-0.3, -0.25) is 4.79 Å². The van der Waals surface area contributed by atoms with Gasteiger partial charge in [-0.2, -0.15) is 0 Å². The molecule has 6 nitrogen and oxygen atoms in total. The Balaban J connectivity index is 2.74. The number of methoxy groups -OCH3 is 1. The van der Waals surface area contributed by atoms with Gasteiger partial charge in [-0.05, 0) is 13.8 Å². The van der Waals surface area contributed by atoms with Gasteiger partial charge >= 0.3 is 0 Å². The fraction of sp³-hybridized carbons (Fsp3) is 0.556. The number of hydrogen-bond donors (Lipinski definition) is 3. The highest BCUT2D eigenvalue weighted by molar-refractivity contribution is 5.58. The minimum absolute atomic E-state index is 0.0874. The number of nitrogens with two attached hydrogens (primary N) is 1. The summed E-state index contributed by atoms with van der Waals surface area (Å²) in [5.74, 6) is 0.379. The van der Waals surface area contributed by atoms with E-state index in [2.05, 4.69) is 15.3 Å². The standard InChI is InChI=1S/C9H16N4O2/c1-9(2,15-3)4-11-7-6(10)8(14)13-5-12-7/h5H,4,10H2,1-3H3,(H2,11,12,13,14). The molecule has 0 amide bonds. The Morgan fingerprint density at radius 3 is 2.93 bits per heavy atom. The highest BCUT2D eigenvalue weighted by atomic mass is 16.5. The van der Waals surface area contributed by atoms with Crippen molar-refractivity contribution in [2.75, 3.05) is 24.7 Å². The lowest BCUT2D eigenvalue weighted by atomic mass is 10.1. The van der Waals surface area contributed by atoms with E-state index in [1.165, 1.54) is 6.33 Å². The van der Waals surface area contributed by atoms with E-state index < -0.39 is 0 Å². The van der Waals surface area contributed by atoms with Crippen LogP contribution in [0.25, 0.3) is 0 Å². The van der Waals surface area contributed by atoms with Crippen molar-refractivity contribution in [1.82, 2.24) is 9.97 Å². The molecule has 0 radical (unpaired) electrons. The molecule has 0 saturated carbocycles. The summed E-state index contributed by atoms with van der Waals surface area (Å²) in [5.41, 5.74) is 4.95. The quantitative estimate of drug-likeness (QED) is 0.662. The first-order valence-electron chi connectivity index (χ1n) is 4.58. The average Bonchev–Trinajstić information content (AvgIpc) is 2.20. The molecule has 0 aromatic carbocycles. The van der Waals surface area contributed by atoms with Crippen LogP contribution < -0.4 is 16.6 Å². The molecule has 0 aliphatic rings. The Bertz CT molecular complexity index is 386. The summed E-state index contributed by atoms with van der Waals surface area (Å²) < 4.78 is 5.21. The lowest BCUT2D eigenvalue weighted by Gasteiger charge is -2.23. The van der Waals surface area contributed by atoms with Crippen LogP contribution in [0.3, 0.4) is 0 Å². The van der Waals surface area contributed by atoms with Crippen molar-refractivity contribution in [3.8, 4) is 0 Å². The van der Waals surface area contributed by atoms with E-state index in [4.69, 9.17) is 10.5 Å². The molecular formula is C9H16N4O2. The number of aromatic amines is 1. The SMILES string of the molecule is COC(C)(C)CNc1nc[nH]c(=O)c1N. The molecule has 1 aromatic rings. The Hall–Kier alpha value is -1.56. The van der Waals surface area contributed by atoms with Gasteiger partial charge in [-0.25, -0.2) is 4.98 Å². The van der Waals surface area contributed by atoms with Crippen molar-refractivity contribution in [2.45, 2.75) is 19.4 Å². The molecule has 1 rings (SSSR count). The van der Waals surface area contributed by atoms with Crippen LogP contribution in [0.4, 0.5) is 11.5 Å². The van der Waals surface area contributed by atoms with Crippen molar-refractivity contribution < 1.29 is 4.74 Å². The zero-order chi connectivity index (χ0) is 11.5. The van der Waals surface area contributed by atoms with E-state index in [0.29, 0.717) is 12.4 Å². The van der Waals surface area contributed by atoms with Gasteiger partial charge in [-0.1, -0.05) is 0 Å². The van der Waals surface area contributed by atoms with Crippen LogP contribution in [0.15, 0.2) is 11.1 Å². The van der Waals surface area contributed by atoms with Crippen molar-refractivity contribution in [3.05, 3.63) is 16.7 Å². The highest BCUT2D eigenvalue weighted by Gasteiger charge is 2.16. The number of H-pyrrole nitrogens is 1. The summed E-state index contributed by atoms with van der Waals surface area (Å²) >= 11 is 0. The fourth-order valence-corrected chi connectivity index (χ4v) is 0.920. The van der Waals surface area contributed by atoms with Gasteiger partial charge in [0, 0.05) is 13.7 Å². The minimum atomic E-state index is -0.345. The number of ether oxygens (including phenoxy) is 1. The van der Waals surface area contributed by atoms with Crippen molar-refractivity contribution in [1.29, 1.82) is 0 Å². The van der Waals surface area contributed by atoms with E-state index in [9.17, 15) is 4.79 Å². The normalized spacial score (nSPS) is 11.4. The van der Waals surface area contributed by atoms with Crippen LogP contribution >= 0.6 is 0 Å². The monoisotopic (exact) mass is 212 g/mol. The van der Waals surface area contributed by atoms with Gasteiger partial charge < -0.3 is 20.8 Å². The first-order valence-corrected chi connectivity index (χ1v) is 4.58. The Kier molecular flexibility index (Phi) is 3.31. The van der Waals surface area contributed by atoms with E-state index in [0.717, 1.165) is 0 Å². The van der Waals surface area contributed by atoms with Crippen molar-refractivity contribution in [2.24, 2.45) is 0 Å². The molecule has 0 aliphatic heterocycles.